The highest BCUT2D eigenvalue weighted by Crippen LogP contribution is 2.32. The van der Waals surface area contributed by atoms with Crippen molar-refractivity contribution in [3.8, 4) is 0 Å². The van der Waals surface area contributed by atoms with Gasteiger partial charge in [-0.2, -0.15) is 0 Å². The van der Waals surface area contributed by atoms with Gasteiger partial charge in [0.15, 0.2) is 0 Å². The molecule has 0 atom stereocenters. The minimum atomic E-state index is -3.82. The van der Waals surface area contributed by atoms with Gasteiger partial charge in [-0.05, 0) is 68.7 Å². The van der Waals surface area contributed by atoms with Crippen molar-refractivity contribution in [3.05, 3.63) is 70.0 Å². The van der Waals surface area contributed by atoms with Gasteiger partial charge in [-0.1, -0.05) is 29.8 Å². The molecule has 2 rings (SSSR count). The number of aliphatic carboxylic acids is 1. The molecule has 178 valence electrons. The van der Waals surface area contributed by atoms with E-state index in [-0.39, 0.29) is 33.2 Å². The Kier molecular flexibility index (Phi) is 8.40. The van der Waals surface area contributed by atoms with Gasteiger partial charge in [0, 0.05) is 5.54 Å². The number of carbonyl (C=O) groups is 2. The second-order valence-electron chi connectivity index (χ2n) is 8.15. The maximum atomic E-state index is 13.8. The smallest absolute Gasteiger partial charge is 0.335 e. The fourth-order valence-electron chi connectivity index (χ4n) is 3.06. The van der Waals surface area contributed by atoms with Gasteiger partial charge >= 0.3 is 11.9 Å². The topological polar surface area (TPSA) is 110 Å². The van der Waals surface area contributed by atoms with E-state index >= 15 is 0 Å². The van der Waals surface area contributed by atoms with Crippen LogP contribution in [0.15, 0.2) is 52.9 Å². The van der Waals surface area contributed by atoms with Crippen LogP contribution >= 0.6 is 11.6 Å². The van der Waals surface area contributed by atoms with Gasteiger partial charge < -0.3 is 9.84 Å². The van der Waals surface area contributed by atoms with Crippen molar-refractivity contribution in [2.75, 3.05) is 6.61 Å². The van der Waals surface area contributed by atoms with Crippen LogP contribution in [0.3, 0.4) is 0 Å². The largest absolute Gasteiger partial charge is 0.481 e. The van der Waals surface area contributed by atoms with Gasteiger partial charge in [0.25, 0.3) is 0 Å². The number of sulfonamides is 1. The SMILES string of the molecule is CCOC(=O)C(CC(=O)O)=C(c1ccc(S(=O)(=O)NC(C)(C)C)cc1)c1ccc(F)c(Cl)c1. The summed E-state index contributed by atoms with van der Waals surface area (Å²) in [4.78, 5) is 24.1. The normalized spacial score (nSPS) is 12.8. The Balaban J connectivity index is 2.73. The molecule has 2 N–H and O–H groups in total. The van der Waals surface area contributed by atoms with Crippen molar-refractivity contribution < 1.29 is 32.2 Å². The van der Waals surface area contributed by atoms with Crippen molar-refractivity contribution in [1.29, 1.82) is 0 Å². The van der Waals surface area contributed by atoms with E-state index in [2.05, 4.69) is 4.72 Å². The molecule has 0 saturated heterocycles. The average molecular weight is 498 g/mol. The van der Waals surface area contributed by atoms with E-state index in [1.54, 1.807) is 27.7 Å². The summed E-state index contributed by atoms with van der Waals surface area (Å²) >= 11 is 5.93. The number of esters is 1. The van der Waals surface area contributed by atoms with E-state index in [1.165, 1.54) is 36.4 Å². The van der Waals surface area contributed by atoms with Crippen LogP contribution in [0.1, 0.15) is 45.2 Å². The molecule has 0 spiro atoms. The summed E-state index contributed by atoms with van der Waals surface area (Å²) in [5, 5.41) is 9.16. The number of halogens is 2. The van der Waals surface area contributed by atoms with Crippen LogP contribution < -0.4 is 4.72 Å². The first-order valence-corrected chi connectivity index (χ1v) is 11.8. The lowest BCUT2D eigenvalue weighted by atomic mass is 9.91. The van der Waals surface area contributed by atoms with Gasteiger partial charge in [0.2, 0.25) is 10.0 Å². The summed E-state index contributed by atoms with van der Waals surface area (Å²) in [6, 6.07) is 9.24. The zero-order chi connectivity index (χ0) is 25.0. The molecule has 0 heterocycles. The highest BCUT2D eigenvalue weighted by molar-refractivity contribution is 7.89. The Morgan fingerprint density at radius 3 is 2.15 bits per heavy atom. The first-order valence-electron chi connectivity index (χ1n) is 9.97. The van der Waals surface area contributed by atoms with Gasteiger partial charge in [-0.15, -0.1) is 0 Å². The molecule has 0 aromatic heterocycles. The first-order chi connectivity index (χ1) is 15.2. The number of carboxylic acids is 1. The summed E-state index contributed by atoms with van der Waals surface area (Å²) in [5.41, 5.74) is -0.141. The second-order valence-corrected chi connectivity index (χ2v) is 10.2. The van der Waals surface area contributed by atoms with E-state index in [0.29, 0.717) is 5.56 Å². The van der Waals surface area contributed by atoms with Crippen LogP contribution in [0.2, 0.25) is 5.02 Å². The van der Waals surface area contributed by atoms with Crippen LogP contribution in [0.5, 0.6) is 0 Å². The average Bonchev–Trinajstić information content (AvgIpc) is 2.68. The minimum Gasteiger partial charge on any atom is -0.481 e. The molecule has 0 aliphatic rings. The molecule has 0 amide bonds. The number of hydrogen-bond acceptors (Lipinski definition) is 5. The Bertz CT molecular complexity index is 1180. The van der Waals surface area contributed by atoms with Crippen LogP contribution in [0.4, 0.5) is 4.39 Å². The highest BCUT2D eigenvalue weighted by atomic mass is 35.5. The molecular formula is C23H25ClFNO6S. The summed E-state index contributed by atoms with van der Waals surface area (Å²) < 4.78 is 46.6. The molecule has 7 nitrogen and oxygen atoms in total. The Labute approximate surface area is 197 Å². The standard InChI is InChI=1S/C23H25ClFNO6S/c1-5-32-22(29)17(13-20(27)28)21(15-8-11-19(25)18(24)12-15)14-6-9-16(10-7-14)33(30,31)26-23(2,3)4/h6-12,26H,5,13H2,1-4H3,(H,27,28). The van der Waals surface area contributed by atoms with E-state index in [4.69, 9.17) is 16.3 Å². The maximum Gasteiger partial charge on any atom is 0.335 e. The number of carboxylic acid groups (broad SMARTS) is 1. The lowest BCUT2D eigenvalue weighted by Crippen LogP contribution is -2.40. The molecule has 0 aliphatic carbocycles. The quantitative estimate of drug-likeness (QED) is 0.413. The molecule has 10 heteroatoms. The lowest BCUT2D eigenvalue weighted by Gasteiger charge is -2.20. The number of rotatable bonds is 8. The van der Waals surface area contributed by atoms with Crippen molar-refractivity contribution >= 4 is 39.1 Å². The van der Waals surface area contributed by atoms with Gasteiger partial charge in [-0.3, -0.25) is 4.79 Å². The number of carbonyl (C=O) groups excluding carboxylic acids is 1. The van der Waals surface area contributed by atoms with Crippen LogP contribution in [0.25, 0.3) is 5.57 Å². The van der Waals surface area contributed by atoms with Crippen molar-refractivity contribution in [2.24, 2.45) is 0 Å². The fraction of sp³-hybridized carbons (Fsp3) is 0.304. The molecule has 0 bridgehead atoms. The van der Waals surface area contributed by atoms with Gasteiger partial charge in [0.1, 0.15) is 5.82 Å². The Hall–Kier alpha value is -2.75. The summed E-state index contributed by atoms with van der Waals surface area (Å²) in [6.45, 7) is 6.70. The molecule has 2 aromatic rings. The molecule has 0 saturated carbocycles. The highest BCUT2D eigenvalue weighted by Gasteiger charge is 2.25. The first kappa shape index (κ1) is 26.5. The second kappa shape index (κ2) is 10.5. The van der Waals surface area contributed by atoms with Crippen LogP contribution in [-0.2, 0) is 24.3 Å². The van der Waals surface area contributed by atoms with Gasteiger partial charge in [-0.25, -0.2) is 22.3 Å². The van der Waals surface area contributed by atoms with E-state index < -0.39 is 39.7 Å². The monoisotopic (exact) mass is 497 g/mol. The third-order valence-corrected chi connectivity index (χ3v) is 6.32. The number of nitrogens with one attached hydrogen (secondary N) is 1. The fourth-order valence-corrected chi connectivity index (χ4v) is 4.66. The predicted molar refractivity (Wildman–Crippen MR) is 123 cm³/mol. The summed E-state index contributed by atoms with van der Waals surface area (Å²) in [7, 11) is -3.82. The minimum absolute atomic E-state index is 0.00899. The zero-order valence-electron chi connectivity index (χ0n) is 18.6. The van der Waals surface area contributed by atoms with E-state index in [0.717, 1.165) is 6.07 Å². The van der Waals surface area contributed by atoms with Gasteiger partial charge in [0.05, 0.1) is 28.5 Å². The number of benzene rings is 2. The molecule has 0 unspecified atom stereocenters. The summed E-state index contributed by atoms with van der Waals surface area (Å²) in [6.07, 6.45) is -0.672. The Morgan fingerprint density at radius 2 is 1.67 bits per heavy atom. The number of hydrogen-bond donors (Lipinski definition) is 2. The molecule has 33 heavy (non-hydrogen) atoms. The molecule has 2 aromatic carbocycles. The molecule has 0 radical (unpaired) electrons. The predicted octanol–water partition coefficient (Wildman–Crippen LogP) is 4.40. The van der Waals surface area contributed by atoms with Crippen LogP contribution in [-0.4, -0.2) is 37.6 Å². The third kappa shape index (κ3) is 7.12. The maximum absolute atomic E-state index is 13.8. The molecule has 0 fully saturated rings. The van der Waals surface area contributed by atoms with E-state index in [1.807, 2.05) is 0 Å². The molecule has 0 aliphatic heterocycles. The number of ether oxygens (including phenoxy) is 1. The third-order valence-electron chi connectivity index (χ3n) is 4.25. The van der Waals surface area contributed by atoms with Crippen molar-refractivity contribution in [1.82, 2.24) is 4.72 Å². The Morgan fingerprint density at radius 1 is 1.09 bits per heavy atom. The van der Waals surface area contributed by atoms with Crippen molar-refractivity contribution in [2.45, 2.75) is 44.6 Å². The molecular weight excluding hydrogens is 473 g/mol. The zero-order valence-corrected chi connectivity index (χ0v) is 20.2. The van der Waals surface area contributed by atoms with Crippen molar-refractivity contribution in [3.63, 3.8) is 0 Å². The summed E-state index contributed by atoms with van der Waals surface area (Å²) in [5.74, 6) is -2.83. The van der Waals surface area contributed by atoms with E-state index in [9.17, 15) is 27.5 Å². The lowest BCUT2D eigenvalue weighted by molar-refractivity contribution is -0.142. The van der Waals surface area contributed by atoms with Crippen LogP contribution in [0, 0.1) is 5.82 Å².